The van der Waals surface area contributed by atoms with Crippen molar-refractivity contribution in [3.8, 4) is 5.75 Å². The number of benzene rings is 1. The first kappa shape index (κ1) is 12.1. The van der Waals surface area contributed by atoms with Gasteiger partial charge in [0.25, 0.3) is 0 Å². The van der Waals surface area contributed by atoms with Gasteiger partial charge in [-0.3, -0.25) is 4.79 Å². The fourth-order valence-corrected chi connectivity index (χ4v) is 1.75. The van der Waals surface area contributed by atoms with Crippen LogP contribution in [-0.2, 0) is 0 Å². The number of hydrogen-bond donors (Lipinski definition) is 1. The number of ketones is 1. The molecule has 92 valence electrons. The van der Waals surface area contributed by atoms with E-state index in [1.807, 2.05) is 31.2 Å². The van der Waals surface area contributed by atoms with Crippen LogP contribution in [0.1, 0.15) is 36.5 Å². The molecule has 0 unspecified atom stereocenters. The largest absolute Gasteiger partial charge is 0.494 e. The zero-order valence-electron chi connectivity index (χ0n) is 10.2. The second kappa shape index (κ2) is 5.82. The van der Waals surface area contributed by atoms with E-state index in [9.17, 15) is 4.79 Å². The Morgan fingerprint density at radius 3 is 3.00 bits per heavy atom. The monoisotopic (exact) mass is 233 g/mol. The first-order valence-corrected chi connectivity index (χ1v) is 6.29. The standard InChI is InChI=1S/C14H19NO2/c1-2-17-13-5-3-4-11(10-13)14(16)8-9-15-12-6-7-12/h3-5,10,12,15H,2,6-9H2,1H3. The van der Waals surface area contributed by atoms with E-state index in [1.54, 1.807) is 0 Å². The summed E-state index contributed by atoms with van der Waals surface area (Å²) in [6.07, 6.45) is 3.08. The molecule has 1 aromatic carbocycles. The Bertz CT molecular complexity index is 386. The molecule has 0 atom stereocenters. The van der Waals surface area contributed by atoms with Gasteiger partial charge in [0.05, 0.1) is 6.61 Å². The van der Waals surface area contributed by atoms with Gasteiger partial charge in [-0.25, -0.2) is 0 Å². The number of carbonyl (C=O) groups is 1. The molecule has 1 saturated carbocycles. The van der Waals surface area contributed by atoms with E-state index in [1.165, 1.54) is 12.8 Å². The molecule has 0 aliphatic heterocycles. The van der Waals surface area contributed by atoms with Crippen molar-refractivity contribution in [3.05, 3.63) is 29.8 Å². The van der Waals surface area contributed by atoms with Crippen molar-refractivity contribution < 1.29 is 9.53 Å². The first-order chi connectivity index (χ1) is 8.29. The second-order valence-corrected chi connectivity index (χ2v) is 4.36. The lowest BCUT2D eigenvalue weighted by Gasteiger charge is -2.06. The summed E-state index contributed by atoms with van der Waals surface area (Å²) in [7, 11) is 0. The van der Waals surface area contributed by atoms with E-state index in [0.717, 1.165) is 17.9 Å². The van der Waals surface area contributed by atoms with Crippen LogP contribution in [0.3, 0.4) is 0 Å². The van der Waals surface area contributed by atoms with Gasteiger partial charge in [-0.1, -0.05) is 12.1 Å². The van der Waals surface area contributed by atoms with E-state index in [-0.39, 0.29) is 5.78 Å². The Morgan fingerprint density at radius 1 is 1.47 bits per heavy atom. The maximum absolute atomic E-state index is 11.9. The van der Waals surface area contributed by atoms with Crippen LogP contribution in [0.15, 0.2) is 24.3 Å². The predicted molar refractivity (Wildman–Crippen MR) is 67.6 cm³/mol. The quantitative estimate of drug-likeness (QED) is 0.735. The average molecular weight is 233 g/mol. The zero-order chi connectivity index (χ0) is 12.1. The molecule has 3 nitrogen and oxygen atoms in total. The van der Waals surface area contributed by atoms with Crippen LogP contribution in [0.2, 0.25) is 0 Å². The van der Waals surface area contributed by atoms with Crippen LogP contribution >= 0.6 is 0 Å². The lowest BCUT2D eigenvalue weighted by atomic mass is 10.1. The number of Topliss-reactive ketones (excluding diaryl/α,β-unsaturated/α-hetero) is 1. The summed E-state index contributed by atoms with van der Waals surface area (Å²) in [5, 5.41) is 3.34. The molecule has 1 aliphatic rings. The summed E-state index contributed by atoms with van der Waals surface area (Å²) in [6, 6.07) is 8.08. The Labute approximate surface area is 102 Å². The Hall–Kier alpha value is -1.35. The maximum atomic E-state index is 11.9. The molecule has 1 fully saturated rings. The Kier molecular flexibility index (Phi) is 4.15. The van der Waals surface area contributed by atoms with E-state index in [2.05, 4.69) is 5.32 Å². The Balaban J connectivity index is 1.85. The molecular weight excluding hydrogens is 214 g/mol. The summed E-state index contributed by atoms with van der Waals surface area (Å²) in [5.41, 5.74) is 0.744. The third kappa shape index (κ3) is 3.86. The van der Waals surface area contributed by atoms with Crippen molar-refractivity contribution in [1.82, 2.24) is 5.32 Å². The zero-order valence-corrected chi connectivity index (χ0v) is 10.2. The molecule has 1 aromatic rings. The fourth-order valence-electron chi connectivity index (χ4n) is 1.75. The number of nitrogens with one attached hydrogen (secondary N) is 1. The van der Waals surface area contributed by atoms with Crippen LogP contribution in [0, 0.1) is 0 Å². The minimum Gasteiger partial charge on any atom is -0.494 e. The lowest BCUT2D eigenvalue weighted by Crippen LogP contribution is -2.20. The third-order valence-corrected chi connectivity index (χ3v) is 2.83. The van der Waals surface area contributed by atoms with Crippen molar-refractivity contribution in [3.63, 3.8) is 0 Å². The van der Waals surface area contributed by atoms with Crippen LogP contribution in [-0.4, -0.2) is 25.0 Å². The third-order valence-electron chi connectivity index (χ3n) is 2.83. The highest BCUT2D eigenvalue weighted by Gasteiger charge is 2.20. The van der Waals surface area contributed by atoms with Gasteiger partial charge < -0.3 is 10.1 Å². The highest BCUT2D eigenvalue weighted by molar-refractivity contribution is 5.96. The van der Waals surface area contributed by atoms with Gasteiger partial charge in [0.15, 0.2) is 5.78 Å². The molecule has 0 heterocycles. The van der Waals surface area contributed by atoms with Crippen LogP contribution in [0.25, 0.3) is 0 Å². The van der Waals surface area contributed by atoms with Crippen molar-refractivity contribution in [1.29, 1.82) is 0 Å². The molecule has 0 spiro atoms. The van der Waals surface area contributed by atoms with Crippen LogP contribution in [0.5, 0.6) is 5.75 Å². The van der Waals surface area contributed by atoms with Gasteiger partial charge in [-0.05, 0) is 31.9 Å². The lowest BCUT2D eigenvalue weighted by molar-refractivity contribution is 0.0982. The maximum Gasteiger partial charge on any atom is 0.164 e. The molecule has 0 aromatic heterocycles. The summed E-state index contributed by atoms with van der Waals surface area (Å²) in [5.74, 6) is 0.952. The van der Waals surface area contributed by atoms with Gasteiger partial charge in [0.1, 0.15) is 5.75 Å². The van der Waals surface area contributed by atoms with Crippen molar-refractivity contribution in [2.24, 2.45) is 0 Å². The number of hydrogen-bond acceptors (Lipinski definition) is 3. The predicted octanol–water partition coefficient (Wildman–Crippen LogP) is 2.41. The number of rotatable bonds is 7. The smallest absolute Gasteiger partial charge is 0.164 e. The summed E-state index contributed by atoms with van der Waals surface area (Å²) in [6.45, 7) is 3.34. The molecule has 3 heteroatoms. The van der Waals surface area contributed by atoms with E-state index >= 15 is 0 Å². The molecule has 0 amide bonds. The minimum absolute atomic E-state index is 0.180. The molecule has 0 radical (unpaired) electrons. The summed E-state index contributed by atoms with van der Waals surface area (Å²) in [4.78, 5) is 11.9. The first-order valence-electron chi connectivity index (χ1n) is 6.29. The van der Waals surface area contributed by atoms with Gasteiger partial charge >= 0.3 is 0 Å². The van der Waals surface area contributed by atoms with Crippen LogP contribution in [0.4, 0.5) is 0 Å². The van der Waals surface area contributed by atoms with Gasteiger partial charge in [0, 0.05) is 24.6 Å². The molecule has 2 rings (SSSR count). The van der Waals surface area contributed by atoms with Gasteiger partial charge in [-0.15, -0.1) is 0 Å². The van der Waals surface area contributed by atoms with Gasteiger partial charge in [-0.2, -0.15) is 0 Å². The average Bonchev–Trinajstić information content (AvgIpc) is 3.14. The van der Waals surface area contributed by atoms with Crippen molar-refractivity contribution in [2.45, 2.75) is 32.2 Å². The number of carbonyl (C=O) groups excluding carboxylic acids is 1. The van der Waals surface area contributed by atoms with E-state index in [0.29, 0.717) is 19.1 Å². The van der Waals surface area contributed by atoms with E-state index < -0.39 is 0 Å². The Morgan fingerprint density at radius 2 is 2.29 bits per heavy atom. The highest BCUT2D eigenvalue weighted by atomic mass is 16.5. The van der Waals surface area contributed by atoms with Crippen LogP contribution < -0.4 is 10.1 Å². The summed E-state index contributed by atoms with van der Waals surface area (Å²) < 4.78 is 5.38. The molecule has 0 saturated heterocycles. The van der Waals surface area contributed by atoms with Crippen molar-refractivity contribution >= 4 is 5.78 Å². The highest BCUT2D eigenvalue weighted by Crippen LogP contribution is 2.19. The number of ether oxygens (including phenoxy) is 1. The molecule has 0 bridgehead atoms. The topological polar surface area (TPSA) is 38.3 Å². The second-order valence-electron chi connectivity index (χ2n) is 4.36. The fraction of sp³-hybridized carbons (Fsp3) is 0.500. The normalized spacial score (nSPS) is 14.6. The van der Waals surface area contributed by atoms with E-state index in [4.69, 9.17) is 4.74 Å². The molecular formula is C14H19NO2. The molecule has 1 N–H and O–H groups in total. The van der Waals surface area contributed by atoms with Crippen molar-refractivity contribution in [2.75, 3.05) is 13.2 Å². The molecule has 1 aliphatic carbocycles. The molecule has 17 heavy (non-hydrogen) atoms. The summed E-state index contributed by atoms with van der Waals surface area (Å²) >= 11 is 0. The van der Waals surface area contributed by atoms with Gasteiger partial charge in [0.2, 0.25) is 0 Å². The SMILES string of the molecule is CCOc1cccc(C(=O)CCNC2CC2)c1. The minimum atomic E-state index is 0.180.